The lowest BCUT2D eigenvalue weighted by atomic mass is 10.1. The normalized spacial score (nSPS) is 12.6. The number of amides is 1. The van der Waals surface area contributed by atoms with Crippen LogP contribution in [0.5, 0.6) is 0 Å². The van der Waals surface area contributed by atoms with Gasteiger partial charge in [-0.15, -0.1) is 10.2 Å². The molecule has 0 aliphatic heterocycles. The first-order valence-electron chi connectivity index (χ1n) is 10.6. The fourth-order valence-electron chi connectivity index (χ4n) is 3.39. The molecule has 0 saturated carbocycles. The summed E-state index contributed by atoms with van der Waals surface area (Å²) in [5.74, 6) is -0.262. The van der Waals surface area contributed by atoms with Gasteiger partial charge in [-0.05, 0) is 25.1 Å². The standard InChI is InChI=1S/C25H24N4O3S2/c1-17(24(30)26-19-12-9-13-20(16-19)34(31,32)29(2)3)33-25-22-15-8-7-14-21(22)23(27-28-25)18-10-5-4-6-11-18/h4-17H,1-3H3,(H,26,30). The third-order valence-corrected chi connectivity index (χ3v) is 8.14. The van der Waals surface area contributed by atoms with Gasteiger partial charge in [-0.2, -0.15) is 0 Å². The Hall–Kier alpha value is -3.27. The van der Waals surface area contributed by atoms with Gasteiger partial charge in [0.05, 0.1) is 10.1 Å². The van der Waals surface area contributed by atoms with E-state index in [4.69, 9.17) is 0 Å². The SMILES string of the molecule is CC(Sc1nnc(-c2ccccc2)c2ccccc12)C(=O)Nc1cccc(S(=O)(=O)N(C)C)c1. The summed E-state index contributed by atoms with van der Waals surface area (Å²) in [6, 6.07) is 23.9. The number of nitrogens with zero attached hydrogens (tertiary/aromatic N) is 3. The average Bonchev–Trinajstić information content (AvgIpc) is 2.84. The van der Waals surface area contributed by atoms with Crippen LogP contribution in [0.25, 0.3) is 22.0 Å². The van der Waals surface area contributed by atoms with Crippen molar-refractivity contribution in [2.75, 3.05) is 19.4 Å². The first-order chi connectivity index (χ1) is 16.3. The third-order valence-electron chi connectivity index (χ3n) is 5.24. The topological polar surface area (TPSA) is 92.3 Å². The van der Waals surface area contributed by atoms with E-state index in [-0.39, 0.29) is 10.8 Å². The van der Waals surface area contributed by atoms with Crippen LogP contribution >= 0.6 is 11.8 Å². The molecule has 4 aromatic rings. The monoisotopic (exact) mass is 492 g/mol. The van der Waals surface area contributed by atoms with Crippen LogP contribution in [-0.4, -0.2) is 48.2 Å². The molecule has 1 atom stereocenters. The summed E-state index contributed by atoms with van der Waals surface area (Å²) in [6.45, 7) is 1.78. The Kier molecular flexibility index (Phi) is 6.97. The molecule has 9 heteroatoms. The van der Waals surface area contributed by atoms with Crippen molar-refractivity contribution in [2.45, 2.75) is 22.1 Å². The number of fused-ring (bicyclic) bond motifs is 1. The smallest absolute Gasteiger partial charge is 0.242 e. The van der Waals surface area contributed by atoms with Crippen LogP contribution in [0.4, 0.5) is 5.69 Å². The molecule has 0 spiro atoms. The molecule has 1 unspecified atom stereocenters. The summed E-state index contributed by atoms with van der Waals surface area (Å²) in [6.07, 6.45) is 0. The van der Waals surface area contributed by atoms with Gasteiger partial charge in [-0.3, -0.25) is 4.79 Å². The molecular formula is C25H24N4O3S2. The maximum atomic E-state index is 12.9. The van der Waals surface area contributed by atoms with Crippen LogP contribution in [0.1, 0.15) is 6.92 Å². The number of aromatic nitrogens is 2. The third kappa shape index (κ3) is 4.96. The van der Waals surface area contributed by atoms with Crippen molar-refractivity contribution in [3.63, 3.8) is 0 Å². The Morgan fingerprint density at radius 3 is 2.29 bits per heavy atom. The maximum Gasteiger partial charge on any atom is 0.242 e. The van der Waals surface area contributed by atoms with Crippen molar-refractivity contribution >= 4 is 44.2 Å². The Labute approximate surface area is 203 Å². The van der Waals surface area contributed by atoms with Crippen molar-refractivity contribution in [1.29, 1.82) is 0 Å². The predicted octanol–water partition coefficient (Wildman–Crippen LogP) is 4.67. The van der Waals surface area contributed by atoms with Gasteiger partial charge in [0.15, 0.2) is 0 Å². The molecule has 4 rings (SSSR count). The van der Waals surface area contributed by atoms with E-state index in [1.165, 1.54) is 38.0 Å². The molecule has 0 radical (unpaired) electrons. The highest BCUT2D eigenvalue weighted by molar-refractivity contribution is 8.00. The molecule has 7 nitrogen and oxygen atoms in total. The number of hydrogen-bond acceptors (Lipinski definition) is 6. The number of carbonyl (C=O) groups is 1. The van der Waals surface area contributed by atoms with Gasteiger partial charge in [0, 0.05) is 36.1 Å². The van der Waals surface area contributed by atoms with E-state index < -0.39 is 15.3 Å². The zero-order valence-electron chi connectivity index (χ0n) is 19.0. The minimum atomic E-state index is -3.60. The van der Waals surface area contributed by atoms with Crippen molar-refractivity contribution in [3.8, 4) is 11.3 Å². The van der Waals surface area contributed by atoms with E-state index in [1.807, 2.05) is 54.6 Å². The van der Waals surface area contributed by atoms with Crippen LogP contribution < -0.4 is 5.32 Å². The number of sulfonamides is 1. The maximum absolute atomic E-state index is 12.9. The molecular weight excluding hydrogens is 468 g/mol. The number of benzene rings is 3. The quantitative estimate of drug-likeness (QED) is 0.377. The van der Waals surface area contributed by atoms with Crippen LogP contribution in [-0.2, 0) is 14.8 Å². The largest absolute Gasteiger partial charge is 0.325 e. The van der Waals surface area contributed by atoms with Gasteiger partial charge in [-0.25, -0.2) is 12.7 Å². The molecule has 0 bridgehead atoms. The lowest BCUT2D eigenvalue weighted by Crippen LogP contribution is -2.24. The molecule has 1 heterocycles. The van der Waals surface area contributed by atoms with Crippen molar-refractivity contribution in [2.24, 2.45) is 0 Å². The van der Waals surface area contributed by atoms with E-state index in [0.717, 1.165) is 26.3 Å². The number of nitrogens with one attached hydrogen (secondary N) is 1. The lowest BCUT2D eigenvalue weighted by Gasteiger charge is -2.15. The first-order valence-corrected chi connectivity index (χ1v) is 12.9. The van der Waals surface area contributed by atoms with Gasteiger partial charge in [0.1, 0.15) is 10.7 Å². The Bertz CT molecular complexity index is 1440. The molecule has 34 heavy (non-hydrogen) atoms. The molecule has 1 amide bonds. The van der Waals surface area contributed by atoms with Crippen molar-refractivity contribution in [1.82, 2.24) is 14.5 Å². The van der Waals surface area contributed by atoms with Crippen LogP contribution in [0, 0.1) is 0 Å². The van der Waals surface area contributed by atoms with Crippen molar-refractivity contribution in [3.05, 3.63) is 78.9 Å². The van der Waals surface area contributed by atoms with Gasteiger partial charge in [-0.1, -0.05) is 72.4 Å². The van der Waals surface area contributed by atoms with E-state index in [0.29, 0.717) is 10.7 Å². The van der Waals surface area contributed by atoms with Crippen LogP contribution in [0.15, 0.2) is 88.8 Å². The molecule has 1 aromatic heterocycles. The van der Waals surface area contributed by atoms with Gasteiger partial charge in [0.25, 0.3) is 0 Å². The average molecular weight is 493 g/mol. The first kappa shape index (κ1) is 23.9. The van der Waals surface area contributed by atoms with Gasteiger partial charge < -0.3 is 5.32 Å². The minimum Gasteiger partial charge on any atom is -0.325 e. The summed E-state index contributed by atoms with van der Waals surface area (Å²) < 4.78 is 25.9. The highest BCUT2D eigenvalue weighted by Gasteiger charge is 2.21. The fourth-order valence-corrected chi connectivity index (χ4v) is 5.23. The molecule has 3 aromatic carbocycles. The Morgan fingerprint density at radius 1 is 0.912 bits per heavy atom. The zero-order valence-corrected chi connectivity index (χ0v) is 20.6. The Balaban J connectivity index is 1.56. The number of anilines is 1. The van der Waals surface area contributed by atoms with E-state index in [1.54, 1.807) is 19.1 Å². The van der Waals surface area contributed by atoms with Crippen LogP contribution in [0.2, 0.25) is 0 Å². The second-order valence-corrected chi connectivity index (χ2v) is 11.3. The highest BCUT2D eigenvalue weighted by atomic mass is 32.2. The van der Waals surface area contributed by atoms with E-state index in [9.17, 15) is 13.2 Å². The summed E-state index contributed by atoms with van der Waals surface area (Å²) in [5, 5.41) is 13.7. The van der Waals surface area contributed by atoms with E-state index in [2.05, 4.69) is 15.5 Å². The fraction of sp³-hybridized carbons (Fsp3) is 0.160. The number of carbonyl (C=O) groups excluding carboxylic acids is 1. The molecule has 0 aliphatic rings. The second kappa shape index (κ2) is 9.92. The van der Waals surface area contributed by atoms with Gasteiger partial charge >= 0.3 is 0 Å². The molecule has 0 saturated heterocycles. The minimum absolute atomic E-state index is 0.115. The van der Waals surface area contributed by atoms with Crippen LogP contribution in [0.3, 0.4) is 0 Å². The summed E-state index contributed by atoms with van der Waals surface area (Å²) >= 11 is 1.31. The molecule has 1 N–H and O–H groups in total. The summed E-state index contributed by atoms with van der Waals surface area (Å²) in [7, 11) is -0.665. The molecule has 0 fully saturated rings. The highest BCUT2D eigenvalue weighted by Crippen LogP contribution is 2.33. The Morgan fingerprint density at radius 2 is 1.59 bits per heavy atom. The molecule has 0 aliphatic carbocycles. The van der Waals surface area contributed by atoms with Gasteiger partial charge in [0.2, 0.25) is 15.9 Å². The predicted molar refractivity (Wildman–Crippen MR) is 136 cm³/mol. The second-order valence-electron chi connectivity index (χ2n) is 7.83. The van der Waals surface area contributed by atoms with E-state index >= 15 is 0 Å². The number of thioether (sulfide) groups is 1. The summed E-state index contributed by atoms with van der Waals surface area (Å²) in [4.78, 5) is 13.0. The van der Waals surface area contributed by atoms with Crippen molar-refractivity contribution < 1.29 is 13.2 Å². The number of rotatable bonds is 7. The zero-order chi connectivity index (χ0) is 24.3. The lowest BCUT2D eigenvalue weighted by molar-refractivity contribution is -0.115. The summed E-state index contributed by atoms with van der Waals surface area (Å²) in [5.41, 5.74) is 2.17. The number of hydrogen-bond donors (Lipinski definition) is 1. The molecule has 174 valence electrons.